The van der Waals surface area contributed by atoms with E-state index >= 15 is 0 Å². The molecule has 0 radical (unpaired) electrons. The van der Waals surface area contributed by atoms with Crippen LogP contribution < -0.4 is 5.32 Å². The predicted octanol–water partition coefficient (Wildman–Crippen LogP) is 6.10. The van der Waals surface area contributed by atoms with Crippen LogP contribution in [0.15, 0.2) is 54.9 Å². The summed E-state index contributed by atoms with van der Waals surface area (Å²) in [5.41, 5.74) is 8.79. The highest BCUT2D eigenvalue weighted by molar-refractivity contribution is 5.90. The zero-order valence-corrected chi connectivity index (χ0v) is 21.9. The van der Waals surface area contributed by atoms with E-state index in [0.717, 1.165) is 65.5 Å². The van der Waals surface area contributed by atoms with Gasteiger partial charge in [-0.3, -0.25) is 9.88 Å². The van der Waals surface area contributed by atoms with Crippen molar-refractivity contribution in [3.8, 4) is 6.07 Å². The van der Waals surface area contributed by atoms with Crippen LogP contribution in [0.4, 0.5) is 11.4 Å². The standard InChI is InChI=1S/C31H34N6/c1-22-27-12-13-33-30(27)11-10-29(22)35-31-26(19-32)20-34-23(2)28(31)9-8-24-6-4-7-25(18-24)21-37-15-5-14-36(3)16-17-37/h4,6-13,18,20,33H,5,14-17,21H2,1-3H3,(H,34,35)/b9-8+. The van der Waals surface area contributed by atoms with E-state index in [1.54, 1.807) is 6.20 Å². The van der Waals surface area contributed by atoms with Gasteiger partial charge in [0.05, 0.1) is 11.3 Å². The molecule has 1 aliphatic heterocycles. The molecule has 0 spiro atoms. The number of nitrogens with zero attached hydrogens (tertiary/aromatic N) is 4. The SMILES string of the molecule is Cc1ncc(C#N)c(Nc2ccc3[nH]ccc3c2C)c1/C=C/c1cccc(CN2CCCN(C)CC2)c1. The van der Waals surface area contributed by atoms with Gasteiger partial charge >= 0.3 is 0 Å². The van der Waals surface area contributed by atoms with Crippen LogP contribution in [-0.4, -0.2) is 53.0 Å². The average Bonchev–Trinajstić information content (AvgIpc) is 3.29. The van der Waals surface area contributed by atoms with Crippen LogP contribution >= 0.6 is 0 Å². The fourth-order valence-corrected chi connectivity index (χ4v) is 5.09. The van der Waals surface area contributed by atoms with Crippen molar-refractivity contribution in [3.05, 3.63) is 88.4 Å². The largest absolute Gasteiger partial charge is 0.361 e. The Morgan fingerprint density at radius 2 is 1.97 bits per heavy atom. The molecule has 0 atom stereocenters. The molecular formula is C31H34N6. The minimum absolute atomic E-state index is 0.527. The van der Waals surface area contributed by atoms with Gasteiger partial charge in [-0.2, -0.15) is 5.26 Å². The van der Waals surface area contributed by atoms with E-state index in [1.807, 2.05) is 13.1 Å². The van der Waals surface area contributed by atoms with Crippen molar-refractivity contribution in [1.82, 2.24) is 19.8 Å². The maximum absolute atomic E-state index is 9.87. The van der Waals surface area contributed by atoms with E-state index < -0.39 is 0 Å². The third-order valence-electron chi connectivity index (χ3n) is 7.31. The Hall–Kier alpha value is -3.92. The quantitative estimate of drug-likeness (QED) is 0.342. The second-order valence-electron chi connectivity index (χ2n) is 9.97. The highest BCUT2D eigenvalue weighted by Gasteiger charge is 2.14. The van der Waals surface area contributed by atoms with E-state index in [2.05, 4.69) is 99.7 Å². The second-order valence-corrected chi connectivity index (χ2v) is 9.97. The second kappa shape index (κ2) is 11.0. The van der Waals surface area contributed by atoms with Crippen LogP contribution in [0.3, 0.4) is 0 Å². The molecule has 6 heteroatoms. The molecule has 6 nitrogen and oxygen atoms in total. The number of hydrogen-bond acceptors (Lipinski definition) is 5. The van der Waals surface area contributed by atoms with E-state index in [4.69, 9.17) is 0 Å². The molecule has 5 rings (SSSR count). The number of likely N-dealkylation sites (N-methyl/N-ethyl adjacent to an activating group) is 1. The Balaban J connectivity index is 1.42. The zero-order valence-electron chi connectivity index (χ0n) is 21.9. The lowest BCUT2D eigenvalue weighted by molar-refractivity contribution is 0.269. The van der Waals surface area contributed by atoms with Gasteiger partial charge in [-0.15, -0.1) is 0 Å². The zero-order chi connectivity index (χ0) is 25.8. The maximum Gasteiger partial charge on any atom is 0.103 e. The van der Waals surface area contributed by atoms with Gasteiger partial charge in [-0.05, 0) is 75.3 Å². The molecule has 1 fully saturated rings. The summed E-state index contributed by atoms with van der Waals surface area (Å²) in [6, 6.07) is 17.3. The van der Waals surface area contributed by atoms with Crippen molar-refractivity contribution in [2.24, 2.45) is 0 Å². The Morgan fingerprint density at radius 3 is 2.84 bits per heavy atom. The molecule has 0 saturated carbocycles. The Bertz CT molecular complexity index is 1480. The lowest BCUT2D eigenvalue weighted by Crippen LogP contribution is -2.28. The minimum Gasteiger partial charge on any atom is -0.361 e. The van der Waals surface area contributed by atoms with E-state index in [0.29, 0.717) is 5.56 Å². The van der Waals surface area contributed by atoms with Crippen molar-refractivity contribution in [2.75, 3.05) is 38.5 Å². The number of H-pyrrole nitrogens is 1. The molecule has 0 aliphatic carbocycles. The van der Waals surface area contributed by atoms with Crippen LogP contribution in [0, 0.1) is 25.2 Å². The fraction of sp³-hybridized carbons (Fsp3) is 0.290. The van der Waals surface area contributed by atoms with Gasteiger partial charge in [0, 0.05) is 59.9 Å². The summed E-state index contributed by atoms with van der Waals surface area (Å²) in [7, 11) is 2.20. The summed E-state index contributed by atoms with van der Waals surface area (Å²) in [5.74, 6) is 0. The smallest absolute Gasteiger partial charge is 0.103 e. The Morgan fingerprint density at radius 1 is 1.08 bits per heavy atom. The summed E-state index contributed by atoms with van der Waals surface area (Å²) in [6.07, 6.45) is 9.02. The number of pyridine rings is 1. The van der Waals surface area contributed by atoms with Crippen molar-refractivity contribution < 1.29 is 0 Å². The van der Waals surface area contributed by atoms with Crippen LogP contribution in [0.5, 0.6) is 0 Å². The molecule has 0 amide bonds. The van der Waals surface area contributed by atoms with E-state index in [-0.39, 0.29) is 0 Å². The first-order valence-electron chi connectivity index (χ1n) is 12.9. The van der Waals surface area contributed by atoms with Gasteiger partial charge in [0.15, 0.2) is 0 Å². The minimum atomic E-state index is 0.527. The number of nitriles is 1. The molecule has 3 heterocycles. The molecule has 4 aromatic rings. The summed E-state index contributed by atoms with van der Waals surface area (Å²) in [6.45, 7) is 9.58. The Kier molecular flexibility index (Phi) is 7.36. The molecule has 0 bridgehead atoms. The van der Waals surface area contributed by atoms with Gasteiger partial charge in [0.2, 0.25) is 0 Å². The first-order valence-corrected chi connectivity index (χ1v) is 12.9. The third-order valence-corrected chi connectivity index (χ3v) is 7.31. The summed E-state index contributed by atoms with van der Waals surface area (Å²) in [4.78, 5) is 12.7. The molecular weight excluding hydrogens is 456 g/mol. The Labute approximate surface area is 219 Å². The van der Waals surface area contributed by atoms with Crippen LogP contribution in [0.1, 0.15) is 39.9 Å². The average molecular weight is 491 g/mol. The molecule has 1 saturated heterocycles. The number of aromatic nitrogens is 2. The van der Waals surface area contributed by atoms with Crippen molar-refractivity contribution in [1.29, 1.82) is 5.26 Å². The van der Waals surface area contributed by atoms with Crippen molar-refractivity contribution >= 4 is 34.4 Å². The van der Waals surface area contributed by atoms with E-state index in [1.165, 1.54) is 23.9 Å². The number of aromatic amines is 1. The normalized spacial score (nSPS) is 15.2. The number of anilines is 2. The molecule has 2 N–H and O–H groups in total. The van der Waals surface area contributed by atoms with Crippen LogP contribution in [-0.2, 0) is 6.54 Å². The fourth-order valence-electron chi connectivity index (χ4n) is 5.09. The lowest BCUT2D eigenvalue weighted by Gasteiger charge is -2.20. The molecule has 37 heavy (non-hydrogen) atoms. The number of rotatable bonds is 6. The number of benzene rings is 2. The number of fused-ring (bicyclic) bond motifs is 1. The molecule has 2 aromatic carbocycles. The summed E-state index contributed by atoms with van der Waals surface area (Å²) >= 11 is 0. The van der Waals surface area contributed by atoms with Gasteiger partial charge in [0.1, 0.15) is 6.07 Å². The van der Waals surface area contributed by atoms with E-state index in [9.17, 15) is 5.26 Å². The predicted molar refractivity (Wildman–Crippen MR) is 153 cm³/mol. The lowest BCUT2D eigenvalue weighted by atomic mass is 10.0. The molecule has 188 valence electrons. The van der Waals surface area contributed by atoms with Gasteiger partial charge in [-0.25, -0.2) is 0 Å². The highest BCUT2D eigenvalue weighted by Crippen LogP contribution is 2.32. The summed E-state index contributed by atoms with van der Waals surface area (Å²) in [5, 5.41) is 14.6. The monoisotopic (exact) mass is 490 g/mol. The summed E-state index contributed by atoms with van der Waals surface area (Å²) < 4.78 is 0. The van der Waals surface area contributed by atoms with Gasteiger partial charge in [-0.1, -0.05) is 36.4 Å². The molecule has 2 aromatic heterocycles. The van der Waals surface area contributed by atoms with Crippen molar-refractivity contribution in [2.45, 2.75) is 26.8 Å². The number of aryl methyl sites for hydroxylation is 2. The highest BCUT2D eigenvalue weighted by atomic mass is 15.2. The molecule has 0 unspecified atom stereocenters. The topological polar surface area (TPSA) is 71.0 Å². The first kappa shape index (κ1) is 24.8. The van der Waals surface area contributed by atoms with Gasteiger partial charge < -0.3 is 15.2 Å². The van der Waals surface area contributed by atoms with Crippen LogP contribution in [0.2, 0.25) is 0 Å². The van der Waals surface area contributed by atoms with Crippen LogP contribution in [0.25, 0.3) is 23.1 Å². The first-order chi connectivity index (χ1) is 18.0. The molecule has 1 aliphatic rings. The third kappa shape index (κ3) is 5.59. The van der Waals surface area contributed by atoms with Crippen molar-refractivity contribution in [3.63, 3.8) is 0 Å². The number of hydrogen-bond donors (Lipinski definition) is 2. The number of nitrogens with one attached hydrogen (secondary N) is 2. The maximum atomic E-state index is 9.87. The van der Waals surface area contributed by atoms with Gasteiger partial charge in [0.25, 0.3) is 0 Å².